The third-order valence-electron chi connectivity index (χ3n) is 12.4. The maximum absolute atomic E-state index is 15.6. The van der Waals surface area contributed by atoms with Crippen LogP contribution in [0.4, 0.5) is 24.5 Å². The number of H-pyrrole nitrogens is 1. The predicted octanol–water partition coefficient (Wildman–Crippen LogP) is 2.74. The predicted molar refractivity (Wildman–Crippen MR) is 181 cm³/mol. The van der Waals surface area contributed by atoms with Crippen molar-refractivity contribution in [3.05, 3.63) is 58.7 Å². The first-order valence-electron chi connectivity index (χ1n) is 18.1. The highest BCUT2D eigenvalue weighted by molar-refractivity contribution is 6.23. The van der Waals surface area contributed by atoms with Crippen LogP contribution in [0.2, 0.25) is 0 Å². The van der Waals surface area contributed by atoms with Crippen LogP contribution in [-0.4, -0.2) is 110 Å². The number of hydrogen-bond acceptors (Lipinski definition) is 9. The molecule has 0 radical (unpaired) electrons. The number of aromatic nitrogens is 4. The van der Waals surface area contributed by atoms with Gasteiger partial charge in [0.25, 0.3) is 23.6 Å². The van der Waals surface area contributed by atoms with Gasteiger partial charge in [-0.3, -0.25) is 48.9 Å². The number of nitrogens with zero attached hydrogens (tertiary/aromatic N) is 6. The first-order chi connectivity index (χ1) is 25.3. The maximum Gasteiger partial charge on any atom is 0.276 e. The summed E-state index contributed by atoms with van der Waals surface area (Å²) in [5.74, 6) is -6.00. The summed E-state index contributed by atoms with van der Waals surface area (Å²) in [7, 11) is 0. The summed E-state index contributed by atoms with van der Waals surface area (Å²) in [5.41, 5.74) is 1.72. The zero-order valence-electron chi connectivity index (χ0n) is 28.9. The Morgan fingerprint density at radius 1 is 1.06 bits per heavy atom. The smallest absolute Gasteiger partial charge is 0.276 e. The van der Waals surface area contributed by atoms with Gasteiger partial charge < -0.3 is 10.2 Å². The van der Waals surface area contributed by atoms with Gasteiger partial charge in [0.2, 0.25) is 11.8 Å². The number of benzene rings is 1. The Morgan fingerprint density at radius 3 is 2.66 bits per heavy atom. The highest BCUT2D eigenvalue weighted by atomic mass is 19.3. The van der Waals surface area contributed by atoms with E-state index in [0.717, 1.165) is 23.6 Å². The number of alkyl halides is 3. The van der Waals surface area contributed by atoms with E-state index in [1.54, 1.807) is 31.3 Å². The Hall–Kier alpha value is -5.06. The lowest BCUT2D eigenvalue weighted by Gasteiger charge is -2.36. The molecule has 14 nitrogen and oxygen atoms in total. The van der Waals surface area contributed by atoms with Gasteiger partial charge in [-0.2, -0.15) is 10.2 Å². The summed E-state index contributed by atoms with van der Waals surface area (Å²) < 4.78 is 45.9. The van der Waals surface area contributed by atoms with Crippen LogP contribution in [-0.2, 0) is 22.4 Å². The molecule has 2 aromatic heterocycles. The molecule has 1 saturated carbocycles. The second-order valence-electron chi connectivity index (χ2n) is 15.6. The molecule has 53 heavy (non-hydrogen) atoms. The fourth-order valence-electron chi connectivity index (χ4n) is 9.23. The molecule has 0 bridgehead atoms. The van der Waals surface area contributed by atoms with E-state index < -0.39 is 65.0 Å². The summed E-state index contributed by atoms with van der Waals surface area (Å²) in [6.07, 6.45) is 3.59. The van der Waals surface area contributed by atoms with Gasteiger partial charge >= 0.3 is 0 Å². The molecule has 1 aromatic carbocycles. The first-order valence-corrected chi connectivity index (χ1v) is 18.1. The van der Waals surface area contributed by atoms with Crippen molar-refractivity contribution in [2.24, 2.45) is 17.3 Å². The van der Waals surface area contributed by atoms with Crippen molar-refractivity contribution in [1.29, 1.82) is 0 Å². The summed E-state index contributed by atoms with van der Waals surface area (Å²) in [6, 6.07) is 3.58. The van der Waals surface area contributed by atoms with E-state index in [1.807, 2.05) is 0 Å². The summed E-state index contributed by atoms with van der Waals surface area (Å²) in [6.45, 7) is 4.55. The number of piperidine rings is 2. The summed E-state index contributed by atoms with van der Waals surface area (Å²) in [5, 5.41) is 16.2. The first kappa shape index (κ1) is 33.8. The van der Waals surface area contributed by atoms with Crippen LogP contribution in [0, 0.1) is 17.3 Å². The molecule has 6 atom stereocenters. The summed E-state index contributed by atoms with van der Waals surface area (Å²) in [4.78, 5) is 68.7. The molecule has 6 aliphatic rings. The number of imide groups is 2. The molecule has 3 N–H and O–H groups in total. The van der Waals surface area contributed by atoms with Crippen molar-refractivity contribution >= 4 is 40.9 Å². The van der Waals surface area contributed by atoms with E-state index in [-0.39, 0.29) is 55.0 Å². The Morgan fingerprint density at radius 2 is 1.87 bits per heavy atom. The van der Waals surface area contributed by atoms with Gasteiger partial charge in [-0.05, 0) is 49.8 Å². The Kier molecular flexibility index (Phi) is 7.63. The van der Waals surface area contributed by atoms with Crippen LogP contribution in [0.1, 0.15) is 81.1 Å². The Labute approximate surface area is 301 Å². The maximum atomic E-state index is 15.6. The van der Waals surface area contributed by atoms with Crippen molar-refractivity contribution < 1.29 is 37.1 Å². The molecular weight excluding hydrogens is 695 g/mol. The van der Waals surface area contributed by atoms with Crippen molar-refractivity contribution in [3.63, 3.8) is 0 Å². The fourth-order valence-corrected chi connectivity index (χ4v) is 9.23. The molecule has 0 spiro atoms. The number of halogens is 3. The van der Waals surface area contributed by atoms with Crippen molar-refractivity contribution in [1.82, 2.24) is 35.1 Å². The number of hydrogen-bond donors (Lipinski definition) is 3. The fraction of sp³-hybridized carbons (Fsp3) is 0.528. The standard InChI is InChI=1S/C36H38F3N9O5/c1-35-12-25-23(11-28(35)36(35,38)39)30(44-43-25)32(51)41-19-13-40-47(16-19)26-7-8-45(17-24(26)37)14-18-6-9-46(15-18)20-2-3-21-22(10-20)34(53)48(33(21)52)27-4-5-29(49)42-31(27)50/h2-3,10,13,16,18,24,26-28H,4-9,11-12,14-15,17H2,1H3,(H,41,51)(H,43,44)(H,42,49,50)/t18-,24-,26-,27?,28+,35-/m1/s1. The monoisotopic (exact) mass is 733 g/mol. The minimum Gasteiger partial charge on any atom is -0.371 e. The molecule has 9 rings (SSSR count). The average molecular weight is 734 g/mol. The lowest BCUT2D eigenvalue weighted by Crippen LogP contribution is -2.54. The van der Waals surface area contributed by atoms with E-state index in [9.17, 15) is 32.8 Å². The quantitative estimate of drug-likeness (QED) is 0.310. The number of likely N-dealkylation sites (tertiary alicyclic amines) is 1. The number of aromatic amines is 1. The van der Waals surface area contributed by atoms with Gasteiger partial charge in [0.1, 0.15) is 12.2 Å². The Bertz CT molecular complexity index is 2080. The number of anilines is 2. The van der Waals surface area contributed by atoms with Crippen molar-refractivity contribution in [2.45, 2.75) is 69.6 Å². The van der Waals surface area contributed by atoms with Crippen LogP contribution in [0.5, 0.6) is 0 Å². The highest BCUT2D eigenvalue weighted by Gasteiger charge is 2.78. The number of amides is 5. The highest BCUT2D eigenvalue weighted by Crippen LogP contribution is 2.70. The molecule has 278 valence electrons. The lowest BCUT2D eigenvalue weighted by atomic mass is 9.87. The second kappa shape index (κ2) is 12.0. The van der Waals surface area contributed by atoms with Crippen LogP contribution in [0.3, 0.4) is 0 Å². The molecule has 5 amide bonds. The van der Waals surface area contributed by atoms with Crippen LogP contribution in [0.25, 0.3) is 0 Å². The molecule has 6 heterocycles. The largest absolute Gasteiger partial charge is 0.371 e. The van der Waals surface area contributed by atoms with Gasteiger partial charge in [-0.25, -0.2) is 13.2 Å². The van der Waals surface area contributed by atoms with E-state index in [0.29, 0.717) is 43.0 Å². The van der Waals surface area contributed by atoms with Gasteiger partial charge in [-0.15, -0.1) is 0 Å². The van der Waals surface area contributed by atoms with E-state index in [1.165, 1.54) is 10.9 Å². The SMILES string of the molecule is C[C@@]12Cc3[nH]nc(C(=O)Nc4cnn([C@@H]5CCN(C[C@H]6CCN(c7ccc8c(c7)C(=O)N(C7CCC(=O)NC7=O)C8=O)C6)C[C@H]5F)c4)c3C[C@@H]1C2(F)F. The van der Waals surface area contributed by atoms with Gasteiger partial charge in [0.05, 0.1) is 29.1 Å². The second-order valence-corrected chi connectivity index (χ2v) is 15.6. The molecular formula is C36H38F3N9O5. The minimum absolute atomic E-state index is 0.0552. The van der Waals surface area contributed by atoms with Crippen molar-refractivity contribution in [3.8, 4) is 0 Å². The average Bonchev–Trinajstić information content (AvgIpc) is 3.79. The zero-order chi connectivity index (χ0) is 37.0. The third kappa shape index (κ3) is 5.36. The summed E-state index contributed by atoms with van der Waals surface area (Å²) >= 11 is 0. The number of carbonyl (C=O) groups excluding carboxylic acids is 5. The van der Waals surface area contributed by atoms with Crippen LogP contribution >= 0.6 is 0 Å². The van der Waals surface area contributed by atoms with E-state index in [2.05, 4.69) is 35.7 Å². The molecule has 2 aliphatic carbocycles. The zero-order valence-corrected chi connectivity index (χ0v) is 28.9. The lowest BCUT2D eigenvalue weighted by molar-refractivity contribution is -0.136. The van der Waals surface area contributed by atoms with Crippen LogP contribution in [0.15, 0.2) is 30.6 Å². The Balaban J connectivity index is 0.779. The number of fused-ring (bicyclic) bond motifs is 3. The van der Waals surface area contributed by atoms with Gasteiger partial charge in [0, 0.05) is 80.0 Å². The normalized spacial score (nSPS) is 30.6. The van der Waals surface area contributed by atoms with Gasteiger partial charge in [-0.1, -0.05) is 6.92 Å². The van der Waals surface area contributed by atoms with Crippen LogP contribution < -0.4 is 15.5 Å². The molecule has 17 heteroatoms. The van der Waals surface area contributed by atoms with E-state index >= 15 is 4.39 Å². The van der Waals surface area contributed by atoms with E-state index in [4.69, 9.17) is 0 Å². The van der Waals surface area contributed by atoms with Gasteiger partial charge in [0.15, 0.2) is 5.69 Å². The number of nitrogens with one attached hydrogen (secondary N) is 3. The minimum atomic E-state index is -2.76. The molecule has 4 aliphatic heterocycles. The number of rotatable bonds is 7. The molecule has 4 fully saturated rings. The van der Waals surface area contributed by atoms with Crippen molar-refractivity contribution in [2.75, 3.05) is 42.9 Å². The molecule has 1 unspecified atom stereocenters. The molecule has 3 aromatic rings. The topological polar surface area (TPSA) is 166 Å². The number of carbonyl (C=O) groups is 5. The third-order valence-corrected chi connectivity index (χ3v) is 12.4. The molecule has 3 saturated heterocycles.